The Labute approximate surface area is 214 Å². The van der Waals surface area contributed by atoms with Gasteiger partial charge in [-0.3, -0.25) is 9.58 Å². The Kier molecular flexibility index (Phi) is 5.92. The molecule has 0 radical (unpaired) electrons. The van der Waals surface area contributed by atoms with Crippen molar-refractivity contribution in [2.45, 2.75) is 39.3 Å². The molecule has 1 aliphatic heterocycles. The number of fused-ring (bicyclic) bond motifs is 1. The van der Waals surface area contributed by atoms with Crippen LogP contribution < -0.4 is 0 Å². The van der Waals surface area contributed by atoms with E-state index in [1.54, 1.807) is 28.9 Å². The molecular formula is C28H28FN7O. The number of hydrogen-bond donors (Lipinski definition) is 1. The largest absolute Gasteiger partial charge is 0.507 e. The number of benzene rings is 1. The van der Waals surface area contributed by atoms with Gasteiger partial charge < -0.3 is 9.51 Å². The minimum absolute atomic E-state index is 0.0697. The Hall–Kier alpha value is -4.11. The van der Waals surface area contributed by atoms with Gasteiger partial charge >= 0.3 is 0 Å². The summed E-state index contributed by atoms with van der Waals surface area (Å²) in [4.78, 5) is 6.57. The lowest BCUT2D eigenvalue weighted by molar-refractivity contribution is 0.136. The molecule has 1 saturated heterocycles. The van der Waals surface area contributed by atoms with Crippen molar-refractivity contribution in [3.8, 4) is 28.1 Å². The standard InChI is InChI=1S/C28H28FN7O/c1-3-8-36-14-19(11-30-36)13-34-15-22(16-34)25-6-7-26(33-32-25)23-5-4-20(10-27(23)37)21-9-24(29)28-31-18(2)12-35(28)17-21/h4-7,9-12,14,17,22,37H,3,8,13,15-16H2,1-2H3. The van der Waals surface area contributed by atoms with Crippen molar-refractivity contribution in [2.75, 3.05) is 13.1 Å². The van der Waals surface area contributed by atoms with Gasteiger partial charge in [0.25, 0.3) is 0 Å². The van der Waals surface area contributed by atoms with E-state index in [-0.39, 0.29) is 11.4 Å². The van der Waals surface area contributed by atoms with E-state index in [4.69, 9.17) is 0 Å². The number of nitrogens with zero attached hydrogens (tertiary/aromatic N) is 7. The molecule has 37 heavy (non-hydrogen) atoms. The molecule has 0 amide bonds. The van der Waals surface area contributed by atoms with E-state index in [1.807, 2.05) is 36.0 Å². The van der Waals surface area contributed by atoms with Crippen molar-refractivity contribution in [3.05, 3.63) is 84.0 Å². The fraction of sp³-hybridized carbons (Fsp3) is 0.286. The molecule has 0 bridgehead atoms. The molecule has 0 saturated carbocycles. The number of rotatable bonds is 7. The minimum atomic E-state index is -0.406. The summed E-state index contributed by atoms with van der Waals surface area (Å²) >= 11 is 0. The second-order valence-electron chi connectivity index (χ2n) is 9.77. The highest BCUT2D eigenvalue weighted by atomic mass is 19.1. The number of aromatic nitrogens is 6. The predicted octanol–water partition coefficient (Wildman–Crippen LogP) is 4.82. The second-order valence-corrected chi connectivity index (χ2v) is 9.77. The molecule has 1 aliphatic rings. The van der Waals surface area contributed by atoms with Gasteiger partial charge in [0.15, 0.2) is 11.5 Å². The topological polar surface area (TPSA) is 84.4 Å². The Morgan fingerprint density at radius 1 is 1.03 bits per heavy atom. The van der Waals surface area contributed by atoms with Gasteiger partial charge in [0, 0.05) is 67.4 Å². The molecule has 1 fully saturated rings. The zero-order chi connectivity index (χ0) is 25.5. The van der Waals surface area contributed by atoms with Crippen molar-refractivity contribution < 1.29 is 9.50 Å². The lowest BCUT2D eigenvalue weighted by Crippen LogP contribution is -2.44. The van der Waals surface area contributed by atoms with Crippen LogP contribution in [0.15, 0.2) is 61.2 Å². The van der Waals surface area contributed by atoms with E-state index in [0.717, 1.165) is 44.0 Å². The normalized spacial score (nSPS) is 14.4. The molecule has 9 heteroatoms. The van der Waals surface area contributed by atoms with Crippen LogP contribution in [-0.4, -0.2) is 52.5 Å². The number of imidazole rings is 1. The number of phenols is 1. The first-order valence-corrected chi connectivity index (χ1v) is 12.5. The summed E-state index contributed by atoms with van der Waals surface area (Å²) in [5, 5.41) is 24.0. The lowest BCUT2D eigenvalue weighted by Gasteiger charge is -2.38. The maximum absolute atomic E-state index is 14.5. The molecule has 0 atom stereocenters. The number of aromatic hydroxyl groups is 1. The summed E-state index contributed by atoms with van der Waals surface area (Å²) in [7, 11) is 0. The molecule has 0 aliphatic carbocycles. The highest BCUT2D eigenvalue weighted by Crippen LogP contribution is 2.34. The van der Waals surface area contributed by atoms with Crippen LogP contribution in [0.5, 0.6) is 5.75 Å². The number of aryl methyl sites for hydroxylation is 2. The van der Waals surface area contributed by atoms with E-state index in [0.29, 0.717) is 28.3 Å². The van der Waals surface area contributed by atoms with Gasteiger partial charge in [-0.15, -0.1) is 0 Å². The lowest BCUT2D eigenvalue weighted by atomic mass is 9.95. The first kappa shape index (κ1) is 23.3. The van der Waals surface area contributed by atoms with Crippen LogP contribution in [0.25, 0.3) is 28.0 Å². The molecule has 5 heterocycles. The summed E-state index contributed by atoms with van der Waals surface area (Å²) in [5.41, 5.74) is 5.75. The van der Waals surface area contributed by atoms with Crippen molar-refractivity contribution in [3.63, 3.8) is 0 Å². The molecule has 0 spiro atoms. The Balaban J connectivity index is 1.13. The van der Waals surface area contributed by atoms with Crippen LogP contribution in [0.3, 0.4) is 0 Å². The van der Waals surface area contributed by atoms with Crippen LogP contribution in [0.1, 0.15) is 36.2 Å². The van der Waals surface area contributed by atoms with E-state index in [2.05, 4.69) is 38.3 Å². The third-order valence-electron chi connectivity index (χ3n) is 6.84. The minimum Gasteiger partial charge on any atom is -0.507 e. The SMILES string of the molecule is CCCn1cc(CN2CC(c3ccc(-c4ccc(-c5cc(F)c6nc(C)cn6c5)cc4O)nn3)C2)cn1. The summed E-state index contributed by atoms with van der Waals surface area (Å²) < 4.78 is 18.2. The van der Waals surface area contributed by atoms with Crippen LogP contribution >= 0.6 is 0 Å². The van der Waals surface area contributed by atoms with Crippen LogP contribution in [0.2, 0.25) is 0 Å². The van der Waals surface area contributed by atoms with Gasteiger partial charge in [-0.05, 0) is 49.2 Å². The van der Waals surface area contributed by atoms with Gasteiger partial charge in [-0.1, -0.05) is 13.0 Å². The Bertz CT molecular complexity index is 1570. The monoisotopic (exact) mass is 497 g/mol. The van der Waals surface area contributed by atoms with Gasteiger partial charge in [-0.2, -0.15) is 15.3 Å². The van der Waals surface area contributed by atoms with E-state index in [9.17, 15) is 9.50 Å². The van der Waals surface area contributed by atoms with E-state index < -0.39 is 5.82 Å². The molecule has 0 unspecified atom stereocenters. The highest BCUT2D eigenvalue weighted by Gasteiger charge is 2.29. The van der Waals surface area contributed by atoms with Crippen molar-refractivity contribution in [1.29, 1.82) is 0 Å². The third-order valence-corrected chi connectivity index (χ3v) is 6.84. The molecule has 4 aromatic heterocycles. The quantitative estimate of drug-likeness (QED) is 0.347. The number of halogens is 1. The zero-order valence-electron chi connectivity index (χ0n) is 20.8. The van der Waals surface area contributed by atoms with Gasteiger partial charge in [0.05, 0.1) is 23.3 Å². The molecule has 1 aromatic carbocycles. The van der Waals surface area contributed by atoms with E-state index >= 15 is 0 Å². The van der Waals surface area contributed by atoms with E-state index in [1.165, 1.54) is 11.6 Å². The molecule has 8 nitrogen and oxygen atoms in total. The molecule has 5 aromatic rings. The first-order chi connectivity index (χ1) is 18.0. The smallest absolute Gasteiger partial charge is 0.173 e. The average molecular weight is 498 g/mol. The van der Waals surface area contributed by atoms with Crippen LogP contribution in [-0.2, 0) is 13.1 Å². The van der Waals surface area contributed by atoms with Crippen molar-refractivity contribution in [2.24, 2.45) is 0 Å². The molecule has 188 valence electrons. The third kappa shape index (κ3) is 4.58. The zero-order valence-corrected chi connectivity index (χ0v) is 20.8. The van der Waals surface area contributed by atoms with Crippen LogP contribution in [0, 0.1) is 12.7 Å². The fourth-order valence-electron chi connectivity index (χ4n) is 4.95. The second kappa shape index (κ2) is 9.40. The molecular weight excluding hydrogens is 469 g/mol. The average Bonchev–Trinajstić information content (AvgIpc) is 3.47. The highest BCUT2D eigenvalue weighted by molar-refractivity contribution is 5.74. The van der Waals surface area contributed by atoms with Crippen molar-refractivity contribution in [1.82, 2.24) is 34.3 Å². The van der Waals surface area contributed by atoms with Crippen molar-refractivity contribution >= 4 is 5.65 Å². The molecule has 6 rings (SSSR count). The summed E-state index contributed by atoms with van der Waals surface area (Å²) in [6.45, 7) is 7.68. The predicted molar refractivity (Wildman–Crippen MR) is 139 cm³/mol. The maximum Gasteiger partial charge on any atom is 0.173 e. The van der Waals surface area contributed by atoms with Crippen LogP contribution in [0.4, 0.5) is 4.39 Å². The molecule has 1 N–H and O–H groups in total. The number of pyridine rings is 1. The van der Waals surface area contributed by atoms with Gasteiger partial charge in [-0.25, -0.2) is 9.37 Å². The number of phenolic OH excluding ortho intramolecular Hbond substituents is 1. The first-order valence-electron chi connectivity index (χ1n) is 12.5. The summed E-state index contributed by atoms with van der Waals surface area (Å²) in [6.07, 6.45) is 8.72. The maximum atomic E-state index is 14.5. The summed E-state index contributed by atoms with van der Waals surface area (Å²) in [6, 6.07) is 10.6. The Morgan fingerprint density at radius 2 is 1.89 bits per heavy atom. The van der Waals surface area contributed by atoms with Gasteiger partial charge in [0.2, 0.25) is 0 Å². The summed E-state index contributed by atoms with van der Waals surface area (Å²) in [5.74, 6) is 0.0110. The Morgan fingerprint density at radius 3 is 2.65 bits per heavy atom. The fourth-order valence-corrected chi connectivity index (χ4v) is 4.95. The number of likely N-dealkylation sites (tertiary alicyclic amines) is 1. The van der Waals surface area contributed by atoms with Gasteiger partial charge in [0.1, 0.15) is 5.75 Å². The number of hydrogen-bond acceptors (Lipinski definition) is 6.